The topological polar surface area (TPSA) is 39.2 Å². The molecule has 7 heteroatoms. The molecule has 0 saturated carbocycles. The number of carbonyl (C=O) groups is 1. The zero-order valence-electron chi connectivity index (χ0n) is 8.84. The van der Waals surface area contributed by atoms with Crippen LogP contribution in [0.3, 0.4) is 0 Å². The molecule has 0 atom stereocenters. The van der Waals surface area contributed by atoms with Crippen molar-refractivity contribution < 1.29 is 18.3 Å². The Labute approximate surface area is 107 Å². The molecule has 3 nitrogen and oxygen atoms in total. The van der Waals surface area contributed by atoms with Gasteiger partial charge in [0, 0.05) is 0 Å². The molecule has 0 bridgehead atoms. The van der Waals surface area contributed by atoms with Gasteiger partial charge in [-0.15, -0.1) is 11.6 Å². The number of nitrogens with zero attached hydrogens (tertiary/aromatic N) is 1. The zero-order valence-corrected chi connectivity index (χ0v) is 10.4. The Hall–Kier alpha value is -0.940. The van der Waals surface area contributed by atoms with Gasteiger partial charge in [0.2, 0.25) is 0 Å². The number of ether oxygens (including phenoxy) is 1. The van der Waals surface area contributed by atoms with Crippen molar-refractivity contribution in [3.05, 3.63) is 28.0 Å². The third-order valence-electron chi connectivity index (χ3n) is 1.91. The highest BCUT2D eigenvalue weighted by molar-refractivity contribution is 6.32. The number of hydrogen-bond donors (Lipinski definition) is 0. The molecule has 0 aliphatic carbocycles. The van der Waals surface area contributed by atoms with Crippen LogP contribution in [0.4, 0.5) is 8.78 Å². The predicted molar refractivity (Wildman–Crippen MR) is 59.7 cm³/mol. The molecule has 0 saturated heterocycles. The molecule has 0 fully saturated rings. The van der Waals surface area contributed by atoms with Crippen molar-refractivity contribution in [2.24, 2.45) is 0 Å². The van der Waals surface area contributed by atoms with Crippen LogP contribution >= 0.6 is 23.2 Å². The summed E-state index contributed by atoms with van der Waals surface area (Å²) < 4.78 is 30.0. The van der Waals surface area contributed by atoms with E-state index in [0.717, 1.165) is 6.07 Å². The van der Waals surface area contributed by atoms with E-state index in [4.69, 9.17) is 23.2 Å². The third kappa shape index (κ3) is 3.26. The molecule has 0 N–H and O–H groups in total. The molecule has 0 aromatic carbocycles. The number of carbonyl (C=O) groups excluding carboxylic acids is 1. The maximum Gasteiger partial charge on any atom is 0.357 e. The summed E-state index contributed by atoms with van der Waals surface area (Å²) in [7, 11) is 0. The van der Waals surface area contributed by atoms with E-state index in [2.05, 4.69) is 9.72 Å². The number of alkyl halides is 3. The van der Waals surface area contributed by atoms with Crippen LogP contribution in [-0.4, -0.2) is 17.6 Å². The summed E-state index contributed by atoms with van der Waals surface area (Å²) >= 11 is 11.2. The minimum Gasteiger partial charge on any atom is -0.461 e. The van der Waals surface area contributed by atoms with Gasteiger partial charge >= 0.3 is 5.97 Å². The smallest absolute Gasteiger partial charge is 0.357 e. The second-order valence-corrected chi connectivity index (χ2v) is 3.68. The number of pyridine rings is 1. The first-order chi connectivity index (χ1) is 8.01. The van der Waals surface area contributed by atoms with Crippen molar-refractivity contribution >= 4 is 29.2 Å². The van der Waals surface area contributed by atoms with Crippen LogP contribution in [0.15, 0.2) is 6.07 Å². The van der Waals surface area contributed by atoms with Crippen molar-refractivity contribution in [2.45, 2.75) is 19.2 Å². The van der Waals surface area contributed by atoms with E-state index in [1.807, 2.05) is 0 Å². The summed E-state index contributed by atoms with van der Waals surface area (Å²) in [6.45, 7) is 1.64. The molecule has 1 rings (SSSR count). The second kappa shape index (κ2) is 6.12. The van der Waals surface area contributed by atoms with Crippen LogP contribution in [0.25, 0.3) is 0 Å². The summed E-state index contributed by atoms with van der Waals surface area (Å²) in [6, 6.07) is 0.989. The fourth-order valence-corrected chi connectivity index (χ4v) is 1.66. The van der Waals surface area contributed by atoms with Crippen molar-refractivity contribution in [2.75, 3.05) is 6.61 Å². The Kier molecular flexibility index (Phi) is 5.08. The third-order valence-corrected chi connectivity index (χ3v) is 2.49. The molecule has 1 aromatic heterocycles. The Morgan fingerprint density at radius 3 is 2.71 bits per heavy atom. The molecule has 0 spiro atoms. The summed E-state index contributed by atoms with van der Waals surface area (Å²) in [5.74, 6) is -0.986. The SMILES string of the molecule is CCOC(=O)c1nc(CCl)c(Cl)cc1C(F)F. The summed E-state index contributed by atoms with van der Waals surface area (Å²) in [5, 5.41) is 0.00310. The standard InChI is InChI=1S/C10H9Cl2F2NO2/c1-2-17-10(16)8-5(9(13)14)3-6(12)7(4-11)15-8/h3,9H,2,4H2,1H3. The molecule has 0 amide bonds. The van der Waals surface area contributed by atoms with Gasteiger partial charge in [-0.3, -0.25) is 0 Å². The quantitative estimate of drug-likeness (QED) is 0.626. The largest absolute Gasteiger partial charge is 0.461 e. The Balaban J connectivity index is 3.28. The van der Waals surface area contributed by atoms with Crippen molar-refractivity contribution in [3.63, 3.8) is 0 Å². The lowest BCUT2D eigenvalue weighted by Crippen LogP contribution is -2.12. The van der Waals surface area contributed by atoms with E-state index >= 15 is 0 Å². The molecular formula is C10H9Cl2F2NO2. The Morgan fingerprint density at radius 1 is 1.59 bits per heavy atom. The lowest BCUT2D eigenvalue weighted by molar-refractivity contribution is 0.0507. The van der Waals surface area contributed by atoms with Crippen LogP contribution in [-0.2, 0) is 10.6 Å². The van der Waals surface area contributed by atoms with Crippen molar-refractivity contribution in [3.8, 4) is 0 Å². The normalized spacial score (nSPS) is 10.7. The number of aromatic nitrogens is 1. The molecule has 0 aliphatic rings. The van der Waals surface area contributed by atoms with Crippen LogP contribution in [0.5, 0.6) is 0 Å². The predicted octanol–water partition coefficient (Wildman–Crippen LogP) is 3.59. The fourth-order valence-electron chi connectivity index (χ4n) is 1.16. The van der Waals surface area contributed by atoms with Gasteiger partial charge in [0.25, 0.3) is 6.43 Å². The first-order valence-corrected chi connectivity index (χ1v) is 5.63. The first kappa shape index (κ1) is 14.1. The minimum atomic E-state index is -2.86. The second-order valence-electron chi connectivity index (χ2n) is 3.01. The Bertz CT molecular complexity index is 427. The lowest BCUT2D eigenvalue weighted by atomic mass is 10.2. The molecule has 0 aliphatic heterocycles. The highest BCUT2D eigenvalue weighted by atomic mass is 35.5. The molecule has 1 aromatic rings. The molecule has 17 heavy (non-hydrogen) atoms. The fraction of sp³-hybridized carbons (Fsp3) is 0.400. The number of hydrogen-bond acceptors (Lipinski definition) is 3. The van der Waals surface area contributed by atoms with E-state index in [1.54, 1.807) is 6.92 Å². The van der Waals surface area contributed by atoms with E-state index < -0.39 is 23.7 Å². The molecule has 0 radical (unpaired) electrons. The number of halogens is 4. The van der Waals surface area contributed by atoms with Crippen molar-refractivity contribution in [1.82, 2.24) is 4.98 Å². The van der Waals surface area contributed by atoms with Crippen LogP contribution in [0.2, 0.25) is 5.02 Å². The first-order valence-electron chi connectivity index (χ1n) is 4.71. The van der Waals surface area contributed by atoms with Gasteiger partial charge in [-0.1, -0.05) is 11.6 Å². The number of esters is 1. The summed E-state index contributed by atoms with van der Waals surface area (Å²) in [5.41, 5.74) is -0.829. The molecular weight excluding hydrogens is 275 g/mol. The average molecular weight is 284 g/mol. The monoisotopic (exact) mass is 283 g/mol. The Morgan fingerprint density at radius 2 is 2.24 bits per heavy atom. The van der Waals surface area contributed by atoms with E-state index in [9.17, 15) is 13.6 Å². The van der Waals surface area contributed by atoms with Gasteiger partial charge in [0.15, 0.2) is 5.69 Å². The van der Waals surface area contributed by atoms with E-state index in [1.165, 1.54) is 0 Å². The van der Waals surface area contributed by atoms with E-state index in [0.29, 0.717) is 0 Å². The van der Waals surface area contributed by atoms with Crippen LogP contribution in [0.1, 0.15) is 35.1 Å². The highest BCUT2D eigenvalue weighted by Crippen LogP contribution is 2.28. The molecule has 0 unspecified atom stereocenters. The van der Waals surface area contributed by atoms with E-state index in [-0.39, 0.29) is 23.2 Å². The van der Waals surface area contributed by atoms with Gasteiger partial charge in [0.1, 0.15) is 0 Å². The lowest BCUT2D eigenvalue weighted by Gasteiger charge is -2.10. The van der Waals surface area contributed by atoms with Gasteiger partial charge in [-0.25, -0.2) is 18.6 Å². The average Bonchev–Trinajstić information content (AvgIpc) is 2.28. The van der Waals surface area contributed by atoms with Crippen LogP contribution in [0, 0.1) is 0 Å². The van der Waals surface area contributed by atoms with Gasteiger partial charge < -0.3 is 4.74 Å². The highest BCUT2D eigenvalue weighted by Gasteiger charge is 2.23. The number of rotatable bonds is 4. The minimum absolute atomic E-state index is 0.00310. The maximum absolute atomic E-state index is 12.7. The molecule has 1 heterocycles. The van der Waals surface area contributed by atoms with Crippen LogP contribution < -0.4 is 0 Å². The maximum atomic E-state index is 12.7. The van der Waals surface area contributed by atoms with Gasteiger partial charge in [-0.2, -0.15) is 0 Å². The van der Waals surface area contributed by atoms with Gasteiger partial charge in [0.05, 0.1) is 28.8 Å². The van der Waals surface area contributed by atoms with Crippen molar-refractivity contribution in [1.29, 1.82) is 0 Å². The summed E-state index contributed by atoms with van der Waals surface area (Å²) in [4.78, 5) is 15.2. The summed E-state index contributed by atoms with van der Waals surface area (Å²) in [6.07, 6.45) is -2.86. The molecule has 94 valence electrons. The van der Waals surface area contributed by atoms with Gasteiger partial charge in [-0.05, 0) is 13.0 Å². The zero-order chi connectivity index (χ0) is 13.0.